The highest BCUT2D eigenvalue weighted by atomic mass is 32.1. The zero-order chi connectivity index (χ0) is 25.8. The molecule has 1 aliphatic heterocycles. The largest absolute Gasteiger partial charge is 0.343 e. The third-order valence-electron chi connectivity index (χ3n) is 7.26. The van der Waals surface area contributed by atoms with E-state index in [9.17, 15) is 23.2 Å². The van der Waals surface area contributed by atoms with Gasteiger partial charge in [0, 0.05) is 18.0 Å². The van der Waals surface area contributed by atoms with Gasteiger partial charge in [0.25, 0.3) is 0 Å². The van der Waals surface area contributed by atoms with E-state index in [0.29, 0.717) is 24.0 Å². The van der Waals surface area contributed by atoms with Crippen LogP contribution in [0.2, 0.25) is 0 Å². The van der Waals surface area contributed by atoms with Gasteiger partial charge >= 0.3 is 0 Å². The minimum atomic E-state index is -0.936. The van der Waals surface area contributed by atoms with E-state index in [-0.39, 0.29) is 35.0 Å². The topological polar surface area (TPSA) is 91.4 Å². The maximum absolute atomic E-state index is 14.1. The normalized spacial score (nSPS) is 20.2. The van der Waals surface area contributed by atoms with Crippen LogP contribution in [0.5, 0.6) is 0 Å². The van der Waals surface area contributed by atoms with Gasteiger partial charge in [-0.2, -0.15) is 0 Å². The van der Waals surface area contributed by atoms with Crippen molar-refractivity contribution in [1.29, 1.82) is 0 Å². The minimum absolute atomic E-state index is 0.0692. The Morgan fingerprint density at radius 2 is 1.86 bits per heavy atom. The summed E-state index contributed by atoms with van der Waals surface area (Å²) in [7, 11) is 1.71. The number of rotatable bonds is 8. The number of hydrogen-bond donors (Lipinski definition) is 2. The smallest absolute Gasteiger partial charge is 0.246 e. The number of nitrogens with one attached hydrogen (secondary N) is 2. The van der Waals surface area contributed by atoms with Crippen molar-refractivity contribution < 1.29 is 23.2 Å². The van der Waals surface area contributed by atoms with Crippen molar-refractivity contribution in [1.82, 2.24) is 20.5 Å². The van der Waals surface area contributed by atoms with Crippen LogP contribution >= 0.6 is 11.3 Å². The van der Waals surface area contributed by atoms with Gasteiger partial charge in [-0.05, 0) is 57.7 Å². The molecule has 10 heteroatoms. The van der Waals surface area contributed by atoms with Crippen LogP contribution in [0.4, 0.5) is 8.78 Å². The van der Waals surface area contributed by atoms with Crippen LogP contribution in [0.25, 0.3) is 0 Å². The monoisotopic (exact) mass is 518 g/mol. The van der Waals surface area contributed by atoms with Gasteiger partial charge in [-0.3, -0.25) is 14.4 Å². The molecule has 2 N–H and O–H groups in total. The van der Waals surface area contributed by atoms with Crippen molar-refractivity contribution >= 4 is 28.9 Å². The Kier molecular flexibility index (Phi) is 8.46. The first-order valence-electron chi connectivity index (χ1n) is 12.5. The van der Waals surface area contributed by atoms with E-state index < -0.39 is 29.5 Å². The Balaban J connectivity index is 1.54. The number of ketones is 1. The maximum Gasteiger partial charge on any atom is 0.246 e. The van der Waals surface area contributed by atoms with E-state index in [0.717, 1.165) is 50.7 Å². The van der Waals surface area contributed by atoms with Gasteiger partial charge in [0.15, 0.2) is 0 Å². The molecule has 0 radical (unpaired) electrons. The molecule has 0 bridgehead atoms. The average molecular weight is 519 g/mol. The first-order chi connectivity index (χ1) is 17.3. The van der Waals surface area contributed by atoms with Crippen LogP contribution in [0, 0.1) is 17.6 Å². The van der Waals surface area contributed by atoms with Gasteiger partial charge in [-0.15, -0.1) is 11.3 Å². The van der Waals surface area contributed by atoms with E-state index in [1.807, 2.05) is 0 Å². The fourth-order valence-electron chi connectivity index (χ4n) is 5.08. The number of likely N-dealkylation sites (tertiary alicyclic amines) is 1. The molecule has 2 aromatic rings. The molecule has 2 unspecified atom stereocenters. The lowest BCUT2D eigenvalue weighted by Gasteiger charge is -2.35. The maximum atomic E-state index is 14.1. The number of carbonyl (C=O) groups is 3. The fraction of sp³-hybridized carbons (Fsp3) is 0.538. The molecule has 2 amide bonds. The molecule has 1 saturated carbocycles. The van der Waals surface area contributed by atoms with Crippen LogP contribution < -0.4 is 10.6 Å². The number of hydrogen-bond acceptors (Lipinski definition) is 6. The average Bonchev–Trinajstić information content (AvgIpc) is 3.56. The molecule has 7 nitrogen and oxygen atoms in total. The number of nitrogens with zero attached hydrogens (tertiary/aromatic N) is 2. The Morgan fingerprint density at radius 3 is 2.56 bits per heavy atom. The van der Waals surface area contributed by atoms with Crippen LogP contribution in [-0.4, -0.2) is 53.2 Å². The Labute approximate surface area is 213 Å². The van der Waals surface area contributed by atoms with Crippen molar-refractivity contribution in [2.45, 2.75) is 70.0 Å². The summed E-state index contributed by atoms with van der Waals surface area (Å²) in [6.45, 7) is 2.30. The standard InChI is InChI=1S/C26H32F2N4O3S/c1-15(29-2)24(34)31-22(16-7-4-3-5-8-16)26(35)32-12-6-9-21(32)25-30-20(14-36-25)23(33)18-11-10-17(27)13-19(18)28/h10-11,13-16,21-22,29H,3-9,12H2,1-2H3,(H,31,34)/t15?,21-,22?/m0/s1. The third-order valence-corrected chi connectivity index (χ3v) is 8.21. The van der Waals surface area contributed by atoms with Crippen LogP contribution in [0.15, 0.2) is 23.6 Å². The summed E-state index contributed by atoms with van der Waals surface area (Å²) in [5.74, 6) is -2.56. The number of likely N-dealkylation sites (N-methyl/N-ethyl adjacent to an activating group) is 1. The first kappa shape index (κ1) is 26.3. The number of halogens is 2. The number of benzene rings is 1. The Morgan fingerprint density at radius 1 is 1.11 bits per heavy atom. The first-order valence-corrected chi connectivity index (χ1v) is 13.4. The Hall–Kier alpha value is -2.72. The highest BCUT2D eigenvalue weighted by Gasteiger charge is 2.40. The van der Waals surface area contributed by atoms with Gasteiger partial charge in [-0.25, -0.2) is 13.8 Å². The predicted octanol–water partition coefficient (Wildman–Crippen LogP) is 3.99. The summed E-state index contributed by atoms with van der Waals surface area (Å²) in [5, 5.41) is 8.08. The molecular weight excluding hydrogens is 486 g/mol. The highest BCUT2D eigenvalue weighted by Crippen LogP contribution is 2.36. The lowest BCUT2D eigenvalue weighted by molar-refractivity contribution is -0.139. The minimum Gasteiger partial charge on any atom is -0.343 e. The fourth-order valence-corrected chi connectivity index (χ4v) is 6.03. The SMILES string of the molecule is CNC(C)C(=O)NC(C(=O)N1CCC[C@H]1c1nc(C(=O)c2ccc(F)cc2F)cs1)C1CCCCC1. The van der Waals surface area contributed by atoms with Crippen LogP contribution in [0.1, 0.15) is 79.0 Å². The molecule has 4 rings (SSSR count). The van der Waals surface area contributed by atoms with Crippen LogP contribution in [-0.2, 0) is 9.59 Å². The molecule has 1 aromatic heterocycles. The zero-order valence-corrected chi connectivity index (χ0v) is 21.4. The second kappa shape index (κ2) is 11.6. The van der Waals surface area contributed by atoms with Gasteiger partial charge in [0.1, 0.15) is 28.4 Å². The lowest BCUT2D eigenvalue weighted by atomic mass is 9.83. The van der Waals surface area contributed by atoms with E-state index in [1.54, 1.807) is 24.3 Å². The quantitative estimate of drug-likeness (QED) is 0.516. The third kappa shape index (κ3) is 5.64. The summed E-state index contributed by atoms with van der Waals surface area (Å²) < 4.78 is 27.4. The molecule has 2 heterocycles. The van der Waals surface area contributed by atoms with E-state index >= 15 is 0 Å². The second-order valence-corrected chi connectivity index (χ2v) is 10.5. The Bertz CT molecular complexity index is 1120. The molecule has 1 saturated heterocycles. The van der Waals surface area contributed by atoms with Crippen LogP contribution in [0.3, 0.4) is 0 Å². The summed E-state index contributed by atoms with van der Waals surface area (Å²) >= 11 is 1.25. The van der Waals surface area contributed by atoms with Gasteiger partial charge in [-0.1, -0.05) is 19.3 Å². The number of amides is 2. The summed E-state index contributed by atoms with van der Waals surface area (Å²) in [5.41, 5.74) is -0.175. The number of thiazole rings is 1. The van der Waals surface area contributed by atoms with Crippen molar-refractivity contribution in [3.63, 3.8) is 0 Å². The summed E-state index contributed by atoms with van der Waals surface area (Å²) in [6.07, 6.45) is 6.46. The van der Waals surface area contributed by atoms with E-state index in [1.165, 1.54) is 11.3 Å². The van der Waals surface area contributed by atoms with Gasteiger partial charge in [0.05, 0.1) is 17.6 Å². The van der Waals surface area contributed by atoms with Gasteiger partial charge < -0.3 is 15.5 Å². The molecule has 194 valence electrons. The molecule has 1 aliphatic carbocycles. The predicted molar refractivity (Wildman–Crippen MR) is 133 cm³/mol. The summed E-state index contributed by atoms with van der Waals surface area (Å²) in [6, 6.07) is 1.48. The highest BCUT2D eigenvalue weighted by molar-refractivity contribution is 7.10. The van der Waals surface area contributed by atoms with Crippen molar-refractivity contribution in [2.24, 2.45) is 5.92 Å². The molecule has 1 aromatic carbocycles. The molecule has 2 fully saturated rings. The lowest BCUT2D eigenvalue weighted by Crippen LogP contribution is -2.55. The van der Waals surface area contributed by atoms with Crippen molar-refractivity contribution in [3.8, 4) is 0 Å². The molecule has 3 atom stereocenters. The van der Waals surface area contributed by atoms with Crippen molar-refractivity contribution in [3.05, 3.63) is 51.5 Å². The molecule has 0 spiro atoms. The number of aromatic nitrogens is 1. The van der Waals surface area contributed by atoms with E-state index in [2.05, 4.69) is 15.6 Å². The summed E-state index contributed by atoms with van der Waals surface area (Å²) in [4.78, 5) is 45.6. The number of carbonyl (C=O) groups excluding carboxylic acids is 3. The zero-order valence-electron chi connectivity index (χ0n) is 20.6. The van der Waals surface area contributed by atoms with Crippen molar-refractivity contribution in [2.75, 3.05) is 13.6 Å². The molecule has 36 heavy (non-hydrogen) atoms. The van der Waals surface area contributed by atoms with E-state index in [4.69, 9.17) is 0 Å². The molecular formula is C26H32F2N4O3S. The second-order valence-electron chi connectivity index (χ2n) is 9.61. The van der Waals surface area contributed by atoms with Gasteiger partial charge in [0.2, 0.25) is 17.6 Å². The molecule has 2 aliphatic rings.